The van der Waals surface area contributed by atoms with E-state index in [-0.39, 0.29) is 23.7 Å². The molecule has 0 aromatic heterocycles. The van der Waals surface area contributed by atoms with E-state index in [9.17, 15) is 9.18 Å². The molecule has 2 aromatic rings. The monoisotopic (exact) mass is 426 g/mol. The highest BCUT2D eigenvalue weighted by Gasteiger charge is 2.27. The highest BCUT2D eigenvalue weighted by atomic mass is 19.1. The summed E-state index contributed by atoms with van der Waals surface area (Å²) in [4.78, 5) is 19.4. The second-order valence-electron chi connectivity index (χ2n) is 7.73. The SMILES string of the molecule is CN=C(NCC(C(=O)N1CCOCC1)c1ccccc1)NC(C)c1ccc(C)c(F)c1. The molecule has 2 unspecified atom stereocenters. The molecule has 7 heteroatoms. The zero-order valence-corrected chi connectivity index (χ0v) is 18.4. The first-order valence-corrected chi connectivity index (χ1v) is 10.6. The lowest BCUT2D eigenvalue weighted by Gasteiger charge is -2.31. The molecule has 3 rings (SSSR count). The summed E-state index contributed by atoms with van der Waals surface area (Å²) in [6.45, 7) is 6.42. The molecule has 1 aliphatic rings. The number of morpholine rings is 1. The Bertz CT molecular complexity index is 898. The third-order valence-electron chi connectivity index (χ3n) is 5.57. The fourth-order valence-electron chi connectivity index (χ4n) is 3.60. The highest BCUT2D eigenvalue weighted by Crippen LogP contribution is 2.19. The first-order chi connectivity index (χ1) is 15.0. The summed E-state index contributed by atoms with van der Waals surface area (Å²) in [6, 6.07) is 14.8. The van der Waals surface area contributed by atoms with Crippen molar-refractivity contribution in [2.75, 3.05) is 39.9 Å². The minimum atomic E-state index is -0.343. The summed E-state index contributed by atoms with van der Waals surface area (Å²) in [5.41, 5.74) is 2.40. The van der Waals surface area contributed by atoms with Crippen LogP contribution in [0.3, 0.4) is 0 Å². The third kappa shape index (κ3) is 6.04. The topological polar surface area (TPSA) is 66.0 Å². The van der Waals surface area contributed by atoms with Crippen molar-refractivity contribution in [3.8, 4) is 0 Å². The molecule has 1 amide bonds. The van der Waals surface area contributed by atoms with Gasteiger partial charge in [0, 0.05) is 26.7 Å². The second kappa shape index (κ2) is 10.9. The number of carbonyl (C=O) groups is 1. The predicted molar refractivity (Wildman–Crippen MR) is 121 cm³/mol. The van der Waals surface area contributed by atoms with E-state index in [0.717, 1.165) is 11.1 Å². The van der Waals surface area contributed by atoms with E-state index in [2.05, 4.69) is 15.6 Å². The van der Waals surface area contributed by atoms with Crippen LogP contribution in [0, 0.1) is 12.7 Å². The fourth-order valence-corrected chi connectivity index (χ4v) is 3.60. The third-order valence-corrected chi connectivity index (χ3v) is 5.57. The summed E-state index contributed by atoms with van der Waals surface area (Å²) in [5.74, 6) is 0.0645. The van der Waals surface area contributed by atoms with Gasteiger partial charge in [-0.3, -0.25) is 9.79 Å². The van der Waals surface area contributed by atoms with Gasteiger partial charge < -0.3 is 20.3 Å². The molecule has 0 radical (unpaired) electrons. The Hall–Kier alpha value is -2.93. The van der Waals surface area contributed by atoms with E-state index >= 15 is 0 Å². The van der Waals surface area contributed by atoms with Crippen LogP contribution in [0.1, 0.15) is 35.6 Å². The van der Waals surface area contributed by atoms with Crippen molar-refractivity contribution in [1.29, 1.82) is 0 Å². The predicted octanol–water partition coefficient (Wildman–Crippen LogP) is 3.00. The Morgan fingerprint density at radius 2 is 1.87 bits per heavy atom. The molecule has 6 nitrogen and oxygen atoms in total. The molecule has 2 aromatic carbocycles. The van der Waals surface area contributed by atoms with Crippen LogP contribution in [0.2, 0.25) is 0 Å². The number of halogens is 1. The average Bonchev–Trinajstić information content (AvgIpc) is 2.81. The number of aryl methyl sites for hydroxylation is 1. The second-order valence-corrected chi connectivity index (χ2v) is 7.73. The van der Waals surface area contributed by atoms with Crippen LogP contribution in [-0.4, -0.2) is 56.7 Å². The number of nitrogens with one attached hydrogen (secondary N) is 2. The molecule has 166 valence electrons. The quantitative estimate of drug-likeness (QED) is 0.551. The first-order valence-electron chi connectivity index (χ1n) is 10.6. The van der Waals surface area contributed by atoms with Gasteiger partial charge in [0.25, 0.3) is 0 Å². The lowest BCUT2D eigenvalue weighted by atomic mass is 9.97. The fraction of sp³-hybridized carbons (Fsp3) is 0.417. The standard InChI is InChI=1S/C24H31FN4O2/c1-17-9-10-20(15-22(17)25)18(2)28-24(26-3)27-16-21(19-7-5-4-6-8-19)23(30)29-11-13-31-14-12-29/h4-10,15,18,21H,11-14,16H2,1-3H3,(H2,26,27,28). The molecule has 2 atom stereocenters. The van der Waals surface area contributed by atoms with Gasteiger partial charge in [0.2, 0.25) is 5.91 Å². The molecule has 2 N–H and O–H groups in total. The zero-order chi connectivity index (χ0) is 22.2. The number of guanidine groups is 1. The van der Waals surface area contributed by atoms with Crippen molar-refractivity contribution in [2.45, 2.75) is 25.8 Å². The lowest BCUT2D eigenvalue weighted by Crippen LogP contribution is -2.47. The van der Waals surface area contributed by atoms with Gasteiger partial charge in [-0.15, -0.1) is 0 Å². The van der Waals surface area contributed by atoms with Crippen LogP contribution < -0.4 is 10.6 Å². The zero-order valence-electron chi connectivity index (χ0n) is 18.4. The number of carbonyl (C=O) groups excluding carboxylic acids is 1. The Labute approximate surface area is 183 Å². The van der Waals surface area contributed by atoms with Gasteiger partial charge >= 0.3 is 0 Å². The van der Waals surface area contributed by atoms with Gasteiger partial charge in [0.05, 0.1) is 25.2 Å². The van der Waals surface area contributed by atoms with E-state index in [0.29, 0.717) is 44.4 Å². The maximum absolute atomic E-state index is 13.9. The summed E-state index contributed by atoms with van der Waals surface area (Å²) in [7, 11) is 1.68. The van der Waals surface area contributed by atoms with Gasteiger partial charge in [-0.05, 0) is 36.6 Å². The van der Waals surface area contributed by atoms with Gasteiger partial charge in [-0.25, -0.2) is 4.39 Å². The smallest absolute Gasteiger partial charge is 0.232 e. The number of hydrogen-bond acceptors (Lipinski definition) is 3. The Morgan fingerprint density at radius 1 is 1.16 bits per heavy atom. The van der Waals surface area contributed by atoms with Crippen molar-refractivity contribution in [3.63, 3.8) is 0 Å². The van der Waals surface area contributed by atoms with Crippen molar-refractivity contribution < 1.29 is 13.9 Å². The van der Waals surface area contributed by atoms with Crippen molar-refractivity contribution >= 4 is 11.9 Å². The van der Waals surface area contributed by atoms with Gasteiger partial charge in [-0.2, -0.15) is 0 Å². The average molecular weight is 427 g/mol. The number of benzene rings is 2. The lowest BCUT2D eigenvalue weighted by molar-refractivity contribution is -0.136. The normalized spacial score (nSPS) is 16.5. The largest absolute Gasteiger partial charge is 0.378 e. The number of aliphatic imine (C=N–C) groups is 1. The molecule has 1 heterocycles. The summed E-state index contributed by atoms with van der Waals surface area (Å²) < 4.78 is 19.3. The van der Waals surface area contributed by atoms with Crippen LogP contribution in [0.15, 0.2) is 53.5 Å². The van der Waals surface area contributed by atoms with E-state index in [1.807, 2.05) is 48.2 Å². The highest BCUT2D eigenvalue weighted by molar-refractivity contribution is 5.86. The summed E-state index contributed by atoms with van der Waals surface area (Å²) >= 11 is 0. The Kier molecular flexibility index (Phi) is 8.00. The number of rotatable bonds is 6. The minimum absolute atomic E-state index is 0.0751. The molecule has 1 fully saturated rings. The van der Waals surface area contributed by atoms with Crippen LogP contribution in [0.25, 0.3) is 0 Å². The number of amides is 1. The van der Waals surface area contributed by atoms with E-state index < -0.39 is 0 Å². The summed E-state index contributed by atoms with van der Waals surface area (Å²) in [5, 5.41) is 6.56. The van der Waals surface area contributed by atoms with E-state index in [1.165, 1.54) is 6.07 Å². The number of nitrogens with zero attached hydrogens (tertiary/aromatic N) is 2. The van der Waals surface area contributed by atoms with E-state index in [1.54, 1.807) is 20.0 Å². The van der Waals surface area contributed by atoms with Crippen molar-refractivity contribution in [1.82, 2.24) is 15.5 Å². The van der Waals surface area contributed by atoms with E-state index in [4.69, 9.17) is 4.74 Å². The first kappa shape index (κ1) is 22.7. The molecule has 0 spiro atoms. The number of ether oxygens (including phenoxy) is 1. The minimum Gasteiger partial charge on any atom is -0.378 e. The molecule has 1 aliphatic heterocycles. The van der Waals surface area contributed by atoms with Crippen LogP contribution in [0.5, 0.6) is 0 Å². The van der Waals surface area contributed by atoms with Crippen molar-refractivity contribution in [3.05, 3.63) is 71.0 Å². The Morgan fingerprint density at radius 3 is 2.52 bits per heavy atom. The van der Waals surface area contributed by atoms with Crippen LogP contribution >= 0.6 is 0 Å². The van der Waals surface area contributed by atoms with Crippen molar-refractivity contribution in [2.24, 2.45) is 4.99 Å². The summed E-state index contributed by atoms with van der Waals surface area (Å²) in [6.07, 6.45) is 0. The molecule has 0 aliphatic carbocycles. The van der Waals surface area contributed by atoms with Gasteiger partial charge in [-0.1, -0.05) is 42.5 Å². The molecule has 1 saturated heterocycles. The van der Waals surface area contributed by atoms with Crippen LogP contribution in [-0.2, 0) is 9.53 Å². The van der Waals surface area contributed by atoms with Gasteiger partial charge in [0.1, 0.15) is 5.82 Å². The van der Waals surface area contributed by atoms with Crippen LogP contribution in [0.4, 0.5) is 4.39 Å². The maximum Gasteiger partial charge on any atom is 0.232 e. The maximum atomic E-state index is 13.9. The molecular weight excluding hydrogens is 395 g/mol. The molecule has 0 bridgehead atoms. The molecular formula is C24H31FN4O2. The van der Waals surface area contributed by atoms with Gasteiger partial charge in [0.15, 0.2) is 5.96 Å². The molecule has 0 saturated carbocycles. The molecule has 31 heavy (non-hydrogen) atoms. The number of hydrogen-bond donors (Lipinski definition) is 2. The Balaban J connectivity index is 1.68.